The second-order valence-electron chi connectivity index (χ2n) is 5.94. The summed E-state index contributed by atoms with van der Waals surface area (Å²) in [6, 6.07) is 15.8. The van der Waals surface area contributed by atoms with Crippen LogP contribution in [0.3, 0.4) is 0 Å². The molecule has 140 valence electrons. The molecule has 0 heterocycles. The third-order valence-electron chi connectivity index (χ3n) is 4.07. The molecule has 0 saturated heterocycles. The standard InChI is InChI=1S/C21H27NO3S/c1-4-18(25-20-12-8-7-11-19(20)24-3)21(23)22-13-14-26-15-17-10-6-5-9-16(17)2/h5-12,18H,4,13-15H2,1-3H3,(H,22,23)/t18-/m0/s1. The summed E-state index contributed by atoms with van der Waals surface area (Å²) in [5.74, 6) is 2.95. The average Bonchev–Trinajstić information content (AvgIpc) is 2.67. The van der Waals surface area contributed by atoms with E-state index in [4.69, 9.17) is 9.47 Å². The van der Waals surface area contributed by atoms with Gasteiger partial charge in [0.05, 0.1) is 7.11 Å². The van der Waals surface area contributed by atoms with Crippen molar-refractivity contribution in [2.45, 2.75) is 32.1 Å². The monoisotopic (exact) mass is 373 g/mol. The van der Waals surface area contributed by atoms with Gasteiger partial charge in [-0.25, -0.2) is 0 Å². The summed E-state index contributed by atoms with van der Waals surface area (Å²) in [7, 11) is 1.59. The van der Waals surface area contributed by atoms with Crippen molar-refractivity contribution in [1.29, 1.82) is 0 Å². The SMILES string of the molecule is CC[C@H](Oc1ccccc1OC)C(=O)NCCSCc1ccccc1C. The normalized spacial score (nSPS) is 11.7. The van der Waals surface area contributed by atoms with Gasteiger partial charge in [-0.05, 0) is 36.6 Å². The number of ether oxygens (including phenoxy) is 2. The van der Waals surface area contributed by atoms with Crippen molar-refractivity contribution in [3.8, 4) is 11.5 Å². The molecule has 26 heavy (non-hydrogen) atoms. The van der Waals surface area contributed by atoms with E-state index in [-0.39, 0.29) is 5.91 Å². The van der Waals surface area contributed by atoms with Crippen LogP contribution >= 0.6 is 11.8 Å². The van der Waals surface area contributed by atoms with Crippen LogP contribution in [0.4, 0.5) is 0 Å². The molecule has 0 aromatic heterocycles. The van der Waals surface area contributed by atoms with E-state index in [0.717, 1.165) is 11.5 Å². The van der Waals surface area contributed by atoms with E-state index < -0.39 is 6.10 Å². The number of nitrogens with one attached hydrogen (secondary N) is 1. The maximum absolute atomic E-state index is 12.4. The van der Waals surface area contributed by atoms with Crippen LogP contribution in [0.2, 0.25) is 0 Å². The molecule has 0 spiro atoms. The molecule has 0 radical (unpaired) electrons. The van der Waals surface area contributed by atoms with Gasteiger partial charge >= 0.3 is 0 Å². The van der Waals surface area contributed by atoms with Crippen LogP contribution in [0.5, 0.6) is 11.5 Å². The highest BCUT2D eigenvalue weighted by atomic mass is 32.2. The van der Waals surface area contributed by atoms with Gasteiger partial charge in [0, 0.05) is 18.1 Å². The molecule has 0 unspecified atom stereocenters. The maximum Gasteiger partial charge on any atom is 0.261 e. The molecule has 2 aromatic rings. The van der Waals surface area contributed by atoms with Gasteiger partial charge in [0.1, 0.15) is 0 Å². The van der Waals surface area contributed by atoms with Crippen LogP contribution < -0.4 is 14.8 Å². The Bertz CT molecular complexity index is 705. The highest BCUT2D eigenvalue weighted by molar-refractivity contribution is 7.98. The predicted octanol–water partition coefficient (Wildman–Crippen LogP) is 4.21. The molecular formula is C21H27NO3S. The molecule has 2 rings (SSSR count). The van der Waals surface area contributed by atoms with Crippen molar-refractivity contribution in [3.05, 3.63) is 59.7 Å². The van der Waals surface area contributed by atoms with Crippen LogP contribution in [0, 0.1) is 6.92 Å². The summed E-state index contributed by atoms with van der Waals surface area (Å²) in [5.41, 5.74) is 2.65. The Kier molecular flexibility index (Phi) is 8.35. The number of rotatable bonds is 10. The molecule has 1 amide bonds. The lowest BCUT2D eigenvalue weighted by Crippen LogP contribution is -2.39. The van der Waals surface area contributed by atoms with Crippen LogP contribution in [0.15, 0.2) is 48.5 Å². The lowest BCUT2D eigenvalue weighted by molar-refractivity contribution is -0.128. The summed E-state index contributed by atoms with van der Waals surface area (Å²) in [6.45, 7) is 4.69. The fraction of sp³-hybridized carbons (Fsp3) is 0.381. The van der Waals surface area contributed by atoms with E-state index in [0.29, 0.717) is 24.5 Å². The number of amides is 1. The second-order valence-corrected chi connectivity index (χ2v) is 7.04. The lowest BCUT2D eigenvalue weighted by atomic mass is 10.1. The third-order valence-corrected chi connectivity index (χ3v) is 5.07. The van der Waals surface area contributed by atoms with Gasteiger partial charge in [-0.1, -0.05) is 43.3 Å². The van der Waals surface area contributed by atoms with Gasteiger partial charge in [-0.15, -0.1) is 0 Å². The summed E-state index contributed by atoms with van der Waals surface area (Å²) in [5, 5.41) is 2.97. The highest BCUT2D eigenvalue weighted by Gasteiger charge is 2.19. The van der Waals surface area contributed by atoms with Crippen LogP contribution in [-0.2, 0) is 10.5 Å². The molecule has 0 aliphatic carbocycles. The van der Waals surface area contributed by atoms with E-state index in [2.05, 4.69) is 36.5 Å². The van der Waals surface area contributed by atoms with Gasteiger partial charge in [0.25, 0.3) is 5.91 Å². The minimum absolute atomic E-state index is 0.0881. The molecule has 0 saturated carbocycles. The first-order valence-corrected chi connectivity index (χ1v) is 10.0. The number of hydrogen-bond donors (Lipinski definition) is 1. The fourth-order valence-corrected chi connectivity index (χ4v) is 3.44. The molecule has 0 aliphatic rings. The Morgan fingerprint density at radius 3 is 2.50 bits per heavy atom. The van der Waals surface area contributed by atoms with E-state index in [1.54, 1.807) is 7.11 Å². The second kappa shape index (κ2) is 10.8. The summed E-state index contributed by atoms with van der Waals surface area (Å²) in [4.78, 5) is 12.4. The Hall–Kier alpha value is -2.14. The van der Waals surface area contributed by atoms with Crippen molar-refractivity contribution in [2.75, 3.05) is 19.4 Å². The quantitative estimate of drug-likeness (QED) is 0.634. The molecule has 5 heteroatoms. The molecule has 1 N–H and O–H groups in total. The zero-order valence-corrected chi connectivity index (χ0v) is 16.5. The number of thioether (sulfide) groups is 1. The highest BCUT2D eigenvalue weighted by Crippen LogP contribution is 2.27. The van der Waals surface area contributed by atoms with Crippen molar-refractivity contribution >= 4 is 17.7 Å². The third kappa shape index (κ3) is 5.99. The molecular weight excluding hydrogens is 346 g/mol. The summed E-state index contributed by atoms with van der Waals surface area (Å²) < 4.78 is 11.1. The Morgan fingerprint density at radius 2 is 1.81 bits per heavy atom. The van der Waals surface area contributed by atoms with E-state index in [1.807, 2.05) is 43.0 Å². The van der Waals surface area contributed by atoms with Gasteiger partial charge in [0.15, 0.2) is 17.6 Å². The van der Waals surface area contributed by atoms with Gasteiger partial charge in [-0.2, -0.15) is 11.8 Å². The smallest absolute Gasteiger partial charge is 0.261 e. The van der Waals surface area contributed by atoms with E-state index in [1.165, 1.54) is 11.1 Å². The first kappa shape index (κ1) is 20.2. The minimum atomic E-state index is -0.521. The van der Waals surface area contributed by atoms with Gasteiger partial charge in [0.2, 0.25) is 0 Å². The minimum Gasteiger partial charge on any atom is -0.493 e. The maximum atomic E-state index is 12.4. The predicted molar refractivity (Wildman–Crippen MR) is 108 cm³/mol. The van der Waals surface area contributed by atoms with Crippen molar-refractivity contribution in [3.63, 3.8) is 0 Å². The molecule has 4 nitrogen and oxygen atoms in total. The van der Waals surface area contributed by atoms with Gasteiger partial charge < -0.3 is 14.8 Å². The zero-order valence-electron chi connectivity index (χ0n) is 15.7. The Balaban J connectivity index is 1.76. The number of para-hydroxylation sites is 2. The van der Waals surface area contributed by atoms with E-state index in [9.17, 15) is 4.79 Å². The summed E-state index contributed by atoms with van der Waals surface area (Å²) in [6.07, 6.45) is 0.0768. The molecule has 0 fully saturated rings. The average molecular weight is 374 g/mol. The number of carbonyl (C=O) groups excluding carboxylic acids is 1. The van der Waals surface area contributed by atoms with Crippen molar-refractivity contribution < 1.29 is 14.3 Å². The first-order valence-electron chi connectivity index (χ1n) is 8.85. The molecule has 0 aliphatic heterocycles. The molecule has 2 aromatic carbocycles. The Morgan fingerprint density at radius 1 is 1.12 bits per heavy atom. The number of carbonyl (C=O) groups is 1. The van der Waals surface area contributed by atoms with Crippen LogP contribution in [0.25, 0.3) is 0 Å². The molecule has 0 bridgehead atoms. The van der Waals surface area contributed by atoms with Crippen molar-refractivity contribution in [2.24, 2.45) is 0 Å². The van der Waals surface area contributed by atoms with Crippen LogP contribution in [0.1, 0.15) is 24.5 Å². The van der Waals surface area contributed by atoms with Gasteiger partial charge in [-0.3, -0.25) is 4.79 Å². The number of aryl methyl sites for hydroxylation is 1. The largest absolute Gasteiger partial charge is 0.493 e. The fourth-order valence-electron chi connectivity index (χ4n) is 2.51. The topological polar surface area (TPSA) is 47.6 Å². The van der Waals surface area contributed by atoms with E-state index >= 15 is 0 Å². The summed E-state index contributed by atoms with van der Waals surface area (Å²) >= 11 is 1.82. The number of methoxy groups -OCH3 is 1. The zero-order chi connectivity index (χ0) is 18.8. The number of benzene rings is 2. The number of hydrogen-bond acceptors (Lipinski definition) is 4. The Labute approximate surface area is 160 Å². The lowest BCUT2D eigenvalue weighted by Gasteiger charge is -2.18. The van der Waals surface area contributed by atoms with Crippen molar-refractivity contribution in [1.82, 2.24) is 5.32 Å². The molecule has 1 atom stereocenters. The first-order chi connectivity index (χ1) is 12.7. The van der Waals surface area contributed by atoms with Crippen LogP contribution in [-0.4, -0.2) is 31.4 Å².